The first kappa shape index (κ1) is 26.4. The van der Waals surface area contributed by atoms with Crippen LogP contribution in [0.3, 0.4) is 0 Å². The first-order chi connectivity index (χ1) is 29.7. The van der Waals surface area contributed by atoms with E-state index < -0.39 is 0 Å². The maximum atomic E-state index is 9.12. The van der Waals surface area contributed by atoms with Gasteiger partial charge in [-0.15, -0.1) is 0 Å². The van der Waals surface area contributed by atoms with E-state index in [0.29, 0.717) is 28.7 Å². The van der Waals surface area contributed by atoms with Crippen LogP contribution in [0.1, 0.15) is 8.22 Å². The molecule has 0 amide bonds. The van der Waals surface area contributed by atoms with Gasteiger partial charge in [-0.1, -0.05) is 170 Å². The van der Waals surface area contributed by atoms with Crippen molar-refractivity contribution in [3.63, 3.8) is 0 Å². The number of hydrogen-bond donors (Lipinski definition) is 0. The summed E-state index contributed by atoms with van der Waals surface area (Å²) in [5.74, 6) is 1.33. The van der Waals surface area contributed by atoms with Gasteiger partial charge in [0.05, 0.1) is 19.3 Å². The van der Waals surface area contributed by atoms with Crippen LogP contribution in [-0.2, 0) is 0 Å². The highest BCUT2D eigenvalue weighted by molar-refractivity contribution is 6.09. The molecule has 0 spiro atoms. The quantitative estimate of drug-likeness (QED) is 0.166. The first-order valence-electron chi connectivity index (χ1n) is 21.0. The van der Waals surface area contributed by atoms with Gasteiger partial charge in [-0.25, -0.2) is 15.0 Å². The van der Waals surface area contributed by atoms with Gasteiger partial charge in [0.15, 0.2) is 17.5 Å². The zero-order valence-corrected chi connectivity index (χ0v) is 29.5. The van der Waals surface area contributed by atoms with E-state index in [1.807, 2.05) is 109 Å². The third kappa shape index (κ3) is 6.16. The van der Waals surface area contributed by atoms with Crippen LogP contribution in [0.15, 0.2) is 206 Å². The van der Waals surface area contributed by atoms with Crippen molar-refractivity contribution in [2.45, 2.75) is 0 Å². The molecule has 0 saturated heterocycles. The lowest BCUT2D eigenvalue weighted by atomic mass is 10.0. The number of benzene rings is 8. The summed E-state index contributed by atoms with van der Waals surface area (Å²) >= 11 is 0. The van der Waals surface area contributed by atoms with Gasteiger partial charge >= 0.3 is 0 Å². The number of fused-ring (bicyclic) bond motifs is 3. The number of rotatable bonds is 7. The summed E-state index contributed by atoms with van der Waals surface area (Å²) in [7, 11) is 0. The molecular formula is C51H34N4. The maximum absolute atomic E-state index is 9.12. The fourth-order valence-corrected chi connectivity index (χ4v) is 7.11. The van der Waals surface area contributed by atoms with Crippen molar-refractivity contribution in [3.05, 3.63) is 206 Å². The Morgan fingerprint density at radius 3 is 1.35 bits per heavy atom. The molecule has 0 aliphatic rings. The van der Waals surface area contributed by atoms with Gasteiger partial charge in [-0.3, -0.25) is 0 Å². The highest BCUT2D eigenvalue weighted by Gasteiger charge is 2.18. The first-order valence-corrected chi connectivity index (χ1v) is 18.0. The predicted octanol–water partition coefficient (Wildman–Crippen LogP) is 13.0. The van der Waals surface area contributed by atoms with Gasteiger partial charge in [0, 0.05) is 33.2 Å². The summed E-state index contributed by atoms with van der Waals surface area (Å²) in [5.41, 5.74) is 9.23. The summed E-state index contributed by atoms with van der Waals surface area (Å²) in [6.07, 6.45) is 0. The smallest absolute Gasteiger partial charge is 0.164 e. The third-order valence-electron chi connectivity index (χ3n) is 9.78. The zero-order valence-electron chi connectivity index (χ0n) is 35.5. The Morgan fingerprint density at radius 1 is 0.327 bits per heavy atom. The van der Waals surface area contributed by atoms with Crippen LogP contribution in [0.4, 0.5) is 0 Å². The van der Waals surface area contributed by atoms with Crippen molar-refractivity contribution in [2.75, 3.05) is 0 Å². The molecule has 0 aliphatic carbocycles. The van der Waals surface area contributed by atoms with Crippen LogP contribution < -0.4 is 0 Å². The number of nitrogens with zero attached hydrogens (tertiary/aromatic N) is 4. The lowest BCUT2D eigenvalue weighted by Crippen LogP contribution is -2.02. The second-order valence-electron chi connectivity index (χ2n) is 13.2. The molecule has 0 fully saturated rings. The molecule has 2 aromatic heterocycles. The molecule has 0 saturated carbocycles. The Kier molecular flexibility index (Phi) is 6.63. The van der Waals surface area contributed by atoms with E-state index in [1.165, 1.54) is 12.1 Å². The van der Waals surface area contributed by atoms with Gasteiger partial charge in [0.2, 0.25) is 0 Å². The topological polar surface area (TPSA) is 43.6 Å². The van der Waals surface area contributed by atoms with Crippen molar-refractivity contribution in [2.24, 2.45) is 0 Å². The van der Waals surface area contributed by atoms with Crippen LogP contribution in [0.2, 0.25) is 0 Å². The van der Waals surface area contributed by atoms with Crippen molar-refractivity contribution >= 4 is 21.8 Å². The minimum absolute atomic E-state index is 0.0359. The summed E-state index contributed by atoms with van der Waals surface area (Å²) in [4.78, 5) is 15.4. The molecule has 0 bridgehead atoms. The van der Waals surface area contributed by atoms with Gasteiger partial charge in [-0.05, 0) is 69.7 Å². The molecular weight excluding hydrogens is 669 g/mol. The fourth-order valence-electron chi connectivity index (χ4n) is 7.11. The summed E-state index contributed by atoms with van der Waals surface area (Å²) in [5, 5.41) is 0.377. The van der Waals surface area contributed by atoms with E-state index in [4.69, 9.17) is 23.2 Å². The summed E-state index contributed by atoms with van der Waals surface area (Å²) in [6.45, 7) is 0. The largest absolute Gasteiger partial charge is 0.309 e. The highest BCUT2D eigenvalue weighted by atomic mass is 15.0. The Bertz CT molecular complexity index is 3230. The average molecular weight is 709 g/mol. The third-order valence-corrected chi connectivity index (χ3v) is 9.78. The minimum atomic E-state index is -0.171. The van der Waals surface area contributed by atoms with Crippen molar-refractivity contribution in [3.8, 4) is 73.2 Å². The van der Waals surface area contributed by atoms with E-state index >= 15 is 0 Å². The van der Waals surface area contributed by atoms with E-state index in [-0.39, 0.29) is 58.1 Å². The SMILES string of the molecule is [2H]c1cc([2H])c2c(c1[2H])c1c([2H])c([2H])cc([2H])c1n2-c1cc(-c2ccccc2)cc(-c2nc(-c3ccc(-c4ccccc4)cc3)nc(-c3cccc(-c4ccccc4)c3)n2)c1. The van der Waals surface area contributed by atoms with Gasteiger partial charge in [0.1, 0.15) is 0 Å². The van der Waals surface area contributed by atoms with Crippen LogP contribution in [0.25, 0.3) is 95.0 Å². The van der Waals surface area contributed by atoms with E-state index in [2.05, 4.69) is 48.5 Å². The molecule has 0 unspecified atom stereocenters. The minimum Gasteiger partial charge on any atom is -0.309 e. The molecule has 4 nitrogen and oxygen atoms in total. The predicted molar refractivity (Wildman–Crippen MR) is 227 cm³/mol. The monoisotopic (exact) mass is 708 g/mol. The zero-order chi connectivity index (χ0) is 41.8. The lowest BCUT2D eigenvalue weighted by Gasteiger charge is -2.14. The van der Waals surface area contributed by atoms with Crippen LogP contribution >= 0.6 is 0 Å². The lowest BCUT2D eigenvalue weighted by molar-refractivity contribution is 1.07. The fraction of sp³-hybridized carbons (Fsp3) is 0. The molecule has 0 N–H and O–H groups in total. The number of hydrogen-bond acceptors (Lipinski definition) is 3. The van der Waals surface area contributed by atoms with Crippen molar-refractivity contribution in [1.29, 1.82) is 0 Å². The molecule has 0 atom stereocenters. The molecule has 0 aliphatic heterocycles. The molecule has 258 valence electrons. The van der Waals surface area contributed by atoms with Crippen LogP contribution in [0, 0.1) is 0 Å². The van der Waals surface area contributed by atoms with Crippen molar-refractivity contribution < 1.29 is 8.22 Å². The Balaban J connectivity index is 1.24. The Labute approximate surface area is 328 Å². The Morgan fingerprint density at radius 2 is 0.745 bits per heavy atom. The molecule has 10 aromatic rings. The van der Waals surface area contributed by atoms with Crippen LogP contribution in [0.5, 0.6) is 0 Å². The molecule has 55 heavy (non-hydrogen) atoms. The average Bonchev–Trinajstić information content (AvgIpc) is 3.69. The summed E-state index contributed by atoms with van der Waals surface area (Å²) in [6, 6.07) is 54.1. The number of aromatic nitrogens is 4. The normalized spacial score (nSPS) is 12.8. The molecule has 4 heteroatoms. The molecule has 8 aromatic carbocycles. The molecule has 10 rings (SSSR count). The van der Waals surface area contributed by atoms with Crippen molar-refractivity contribution in [1.82, 2.24) is 19.5 Å². The second kappa shape index (κ2) is 13.8. The van der Waals surface area contributed by atoms with E-state index in [0.717, 1.165) is 44.5 Å². The van der Waals surface area contributed by atoms with E-state index in [1.54, 1.807) is 4.57 Å². The van der Waals surface area contributed by atoms with E-state index in [9.17, 15) is 0 Å². The van der Waals surface area contributed by atoms with Gasteiger partial charge in [-0.2, -0.15) is 0 Å². The molecule has 2 heterocycles. The van der Waals surface area contributed by atoms with Gasteiger partial charge in [0.25, 0.3) is 0 Å². The second-order valence-corrected chi connectivity index (χ2v) is 13.2. The standard InChI is InChI=1S/C51H34N4/c1-4-15-35(16-5-1)38-27-29-39(30-28-38)49-52-50(41-22-14-21-40(31-41)36-17-6-2-7-18-36)54-51(53-49)43-32-42(37-19-8-3-9-20-37)33-44(34-43)55-47-25-12-10-23-45(47)46-24-11-13-26-48(46)55/h1-34H/i10D,11D,23D,24D,25D,26D. The summed E-state index contributed by atoms with van der Waals surface area (Å²) < 4.78 is 54.9. The Hall–Kier alpha value is -7.43. The maximum Gasteiger partial charge on any atom is 0.164 e. The molecule has 0 radical (unpaired) electrons. The number of para-hydroxylation sites is 2. The van der Waals surface area contributed by atoms with Gasteiger partial charge < -0.3 is 4.57 Å². The highest BCUT2D eigenvalue weighted by Crippen LogP contribution is 2.36. The van der Waals surface area contributed by atoms with Crippen LogP contribution in [-0.4, -0.2) is 19.5 Å².